The normalized spacial score (nSPS) is 10.1. The van der Waals surface area contributed by atoms with Crippen LogP contribution in [0.25, 0.3) is 0 Å². The summed E-state index contributed by atoms with van der Waals surface area (Å²) >= 11 is 7.29. The average molecular weight is 252 g/mol. The van der Waals surface area contributed by atoms with E-state index in [4.69, 9.17) is 16.9 Å². The highest BCUT2D eigenvalue weighted by Crippen LogP contribution is 2.31. The Balaban J connectivity index is 2.36. The van der Waals surface area contributed by atoms with Crippen LogP contribution in [-0.2, 0) is 7.05 Å². The standard InChI is InChI=1S/C9H6ClN5S/c1-15-9(13-5-14-15)16-8-7(10)6(4-11)2-3-12-8/h2-3,5H,1H3. The van der Waals surface area contributed by atoms with Crippen molar-refractivity contribution in [1.82, 2.24) is 19.7 Å². The van der Waals surface area contributed by atoms with Gasteiger partial charge in [0.05, 0.1) is 10.6 Å². The second kappa shape index (κ2) is 4.51. The second-order valence-corrected chi connectivity index (χ2v) is 4.19. The number of aromatic nitrogens is 4. The molecule has 80 valence electrons. The molecule has 0 amide bonds. The van der Waals surface area contributed by atoms with Crippen LogP contribution in [0.15, 0.2) is 28.8 Å². The van der Waals surface area contributed by atoms with Crippen LogP contribution >= 0.6 is 23.4 Å². The third-order valence-electron chi connectivity index (χ3n) is 1.84. The van der Waals surface area contributed by atoms with E-state index in [1.54, 1.807) is 24.0 Å². The van der Waals surface area contributed by atoms with Crippen molar-refractivity contribution >= 4 is 23.4 Å². The lowest BCUT2D eigenvalue weighted by Gasteiger charge is -2.02. The highest BCUT2D eigenvalue weighted by molar-refractivity contribution is 7.99. The van der Waals surface area contributed by atoms with Crippen LogP contribution < -0.4 is 0 Å². The van der Waals surface area contributed by atoms with Crippen molar-refractivity contribution < 1.29 is 0 Å². The van der Waals surface area contributed by atoms with Crippen molar-refractivity contribution in [2.45, 2.75) is 10.2 Å². The van der Waals surface area contributed by atoms with Crippen LogP contribution in [0.4, 0.5) is 0 Å². The first-order valence-electron chi connectivity index (χ1n) is 4.29. The molecular formula is C9H6ClN5S. The van der Waals surface area contributed by atoms with Gasteiger partial charge in [0.1, 0.15) is 17.4 Å². The van der Waals surface area contributed by atoms with Crippen molar-refractivity contribution in [2.75, 3.05) is 0 Å². The minimum Gasteiger partial charge on any atom is -0.248 e. The van der Waals surface area contributed by atoms with E-state index in [1.165, 1.54) is 18.1 Å². The number of aryl methyl sites for hydroxylation is 1. The predicted octanol–water partition coefficient (Wildman–Crippen LogP) is 1.89. The first-order chi connectivity index (χ1) is 7.72. The molecule has 0 saturated heterocycles. The molecule has 0 aliphatic heterocycles. The summed E-state index contributed by atoms with van der Waals surface area (Å²) in [7, 11) is 1.78. The number of nitrogens with zero attached hydrogens (tertiary/aromatic N) is 5. The Morgan fingerprint density at radius 1 is 1.50 bits per heavy atom. The molecule has 2 heterocycles. The molecule has 5 nitrogen and oxygen atoms in total. The van der Waals surface area contributed by atoms with Gasteiger partial charge in [0.25, 0.3) is 0 Å². The van der Waals surface area contributed by atoms with E-state index in [0.717, 1.165) is 0 Å². The maximum atomic E-state index is 8.82. The van der Waals surface area contributed by atoms with Gasteiger partial charge in [-0.25, -0.2) is 14.6 Å². The Kier molecular flexibility index (Phi) is 3.08. The number of halogens is 1. The zero-order valence-corrected chi connectivity index (χ0v) is 9.83. The molecule has 2 aromatic heterocycles. The summed E-state index contributed by atoms with van der Waals surface area (Å²) in [6.07, 6.45) is 2.99. The number of hydrogen-bond donors (Lipinski definition) is 0. The van der Waals surface area contributed by atoms with Gasteiger partial charge in [0, 0.05) is 13.2 Å². The lowest BCUT2D eigenvalue weighted by Crippen LogP contribution is -1.94. The van der Waals surface area contributed by atoms with E-state index in [9.17, 15) is 0 Å². The van der Waals surface area contributed by atoms with Gasteiger partial charge in [0.2, 0.25) is 0 Å². The molecule has 0 aliphatic rings. The van der Waals surface area contributed by atoms with Crippen LogP contribution in [0.5, 0.6) is 0 Å². The number of rotatable bonds is 2. The Bertz CT molecular complexity index is 559. The van der Waals surface area contributed by atoms with Gasteiger partial charge in [-0.15, -0.1) is 0 Å². The summed E-state index contributed by atoms with van der Waals surface area (Å²) in [6.45, 7) is 0. The molecule has 0 bridgehead atoms. The molecule has 0 unspecified atom stereocenters. The fourth-order valence-corrected chi connectivity index (χ4v) is 2.08. The van der Waals surface area contributed by atoms with Crippen LogP contribution in [0.1, 0.15) is 5.56 Å². The van der Waals surface area contributed by atoms with E-state index in [2.05, 4.69) is 15.1 Å². The van der Waals surface area contributed by atoms with Gasteiger partial charge in [0.15, 0.2) is 5.16 Å². The topological polar surface area (TPSA) is 67.4 Å². The Labute approximate surface area is 101 Å². The average Bonchev–Trinajstić information content (AvgIpc) is 2.68. The molecule has 2 aromatic rings. The second-order valence-electron chi connectivity index (χ2n) is 2.86. The molecule has 0 spiro atoms. The van der Waals surface area contributed by atoms with Crippen molar-refractivity contribution in [3.63, 3.8) is 0 Å². The summed E-state index contributed by atoms with van der Waals surface area (Å²) in [5.74, 6) is 0. The lowest BCUT2D eigenvalue weighted by atomic mass is 10.3. The molecule has 0 N–H and O–H groups in total. The van der Waals surface area contributed by atoms with Crippen LogP contribution in [0, 0.1) is 11.3 Å². The van der Waals surface area contributed by atoms with E-state index in [-0.39, 0.29) is 0 Å². The van der Waals surface area contributed by atoms with Crippen molar-refractivity contribution in [3.05, 3.63) is 29.2 Å². The summed E-state index contributed by atoms with van der Waals surface area (Å²) in [5, 5.41) is 14.3. The van der Waals surface area contributed by atoms with Gasteiger partial charge in [-0.1, -0.05) is 11.6 Å². The van der Waals surface area contributed by atoms with Crippen molar-refractivity contribution in [1.29, 1.82) is 5.26 Å². The van der Waals surface area contributed by atoms with Gasteiger partial charge >= 0.3 is 0 Å². The number of nitriles is 1. The SMILES string of the molecule is Cn1ncnc1Sc1nccc(C#N)c1Cl. The molecule has 0 aliphatic carbocycles. The minimum absolute atomic E-state index is 0.345. The minimum atomic E-state index is 0.345. The number of hydrogen-bond acceptors (Lipinski definition) is 5. The highest BCUT2D eigenvalue weighted by Gasteiger charge is 2.11. The van der Waals surface area contributed by atoms with Gasteiger partial charge in [-0.05, 0) is 17.8 Å². The fraction of sp³-hybridized carbons (Fsp3) is 0.111. The Hall–Kier alpha value is -1.58. The first-order valence-corrected chi connectivity index (χ1v) is 5.48. The zero-order valence-electron chi connectivity index (χ0n) is 8.25. The maximum absolute atomic E-state index is 8.82. The van der Waals surface area contributed by atoms with Crippen molar-refractivity contribution in [2.24, 2.45) is 7.05 Å². The first kappa shape index (κ1) is 10.9. The molecule has 0 radical (unpaired) electrons. The summed E-state index contributed by atoms with van der Waals surface area (Å²) in [4.78, 5) is 8.14. The quantitative estimate of drug-likeness (QED) is 0.815. The van der Waals surface area contributed by atoms with Crippen molar-refractivity contribution in [3.8, 4) is 6.07 Å². The number of pyridine rings is 1. The summed E-state index contributed by atoms with van der Waals surface area (Å²) in [6, 6.07) is 3.57. The third-order valence-corrected chi connectivity index (χ3v) is 3.39. The lowest BCUT2D eigenvalue weighted by molar-refractivity contribution is 0.684. The Morgan fingerprint density at radius 3 is 2.94 bits per heavy atom. The molecular weight excluding hydrogens is 246 g/mol. The van der Waals surface area contributed by atoms with E-state index in [0.29, 0.717) is 20.8 Å². The zero-order chi connectivity index (χ0) is 11.5. The third kappa shape index (κ3) is 2.01. The van der Waals surface area contributed by atoms with Crippen LogP contribution in [0.3, 0.4) is 0 Å². The molecule has 16 heavy (non-hydrogen) atoms. The Morgan fingerprint density at radius 2 is 2.31 bits per heavy atom. The van der Waals surface area contributed by atoms with E-state index < -0.39 is 0 Å². The predicted molar refractivity (Wildman–Crippen MR) is 59.1 cm³/mol. The monoisotopic (exact) mass is 251 g/mol. The molecule has 0 atom stereocenters. The van der Waals surface area contributed by atoms with Gasteiger partial charge in [-0.3, -0.25) is 0 Å². The van der Waals surface area contributed by atoms with Crippen LogP contribution in [-0.4, -0.2) is 19.7 Å². The van der Waals surface area contributed by atoms with Gasteiger partial charge in [-0.2, -0.15) is 10.4 Å². The smallest absolute Gasteiger partial charge is 0.192 e. The van der Waals surface area contributed by atoms with Gasteiger partial charge < -0.3 is 0 Å². The maximum Gasteiger partial charge on any atom is 0.192 e. The molecule has 0 saturated carbocycles. The molecule has 7 heteroatoms. The molecule has 2 rings (SSSR count). The summed E-state index contributed by atoms with van der Waals surface area (Å²) < 4.78 is 1.61. The van der Waals surface area contributed by atoms with Crippen LogP contribution in [0.2, 0.25) is 5.02 Å². The summed E-state index contributed by atoms with van der Waals surface area (Å²) in [5.41, 5.74) is 0.404. The largest absolute Gasteiger partial charge is 0.248 e. The molecule has 0 fully saturated rings. The van der Waals surface area contributed by atoms with E-state index in [1.807, 2.05) is 6.07 Å². The highest BCUT2D eigenvalue weighted by atomic mass is 35.5. The van der Waals surface area contributed by atoms with E-state index >= 15 is 0 Å². The molecule has 0 aromatic carbocycles. The fourth-order valence-electron chi connectivity index (χ4n) is 1.05.